The van der Waals surface area contributed by atoms with Crippen LogP contribution in [0.25, 0.3) is 0 Å². The summed E-state index contributed by atoms with van der Waals surface area (Å²) in [6.45, 7) is 1.92. The molecule has 0 fully saturated rings. The van der Waals surface area contributed by atoms with Crippen LogP contribution in [0.5, 0.6) is 5.75 Å². The average molecular weight is 243 g/mol. The van der Waals surface area contributed by atoms with Gasteiger partial charge in [-0.05, 0) is 36.6 Å². The Morgan fingerprint density at radius 2 is 2.06 bits per heavy atom. The molecule has 0 atom stereocenters. The Labute approximate surface area is 100 Å². The quantitative estimate of drug-likeness (QED) is 0.762. The summed E-state index contributed by atoms with van der Waals surface area (Å²) in [6, 6.07) is 3.65. The summed E-state index contributed by atoms with van der Waals surface area (Å²) < 4.78 is 9.88. The van der Waals surface area contributed by atoms with Crippen molar-refractivity contribution in [2.24, 2.45) is 0 Å². The summed E-state index contributed by atoms with van der Waals surface area (Å²) in [4.78, 5) is 11.1. The number of halogens is 1. The molecule has 0 amide bonds. The number of ether oxygens (including phenoxy) is 2. The second-order valence-corrected chi connectivity index (χ2v) is 3.93. The normalized spacial score (nSPS) is 10.0. The Balaban J connectivity index is 2.89. The molecule has 0 saturated carbocycles. The van der Waals surface area contributed by atoms with E-state index >= 15 is 0 Å². The van der Waals surface area contributed by atoms with Gasteiger partial charge in [0.25, 0.3) is 0 Å². The van der Waals surface area contributed by atoms with E-state index in [0.717, 1.165) is 16.9 Å². The lowest BCUT2D eigenvalue weighted by molar-refractivity contribution is -0.140. The third-order valence-electron chi connectivity index (χ3n) is 2.35. The first kappa shape index (κ1) is 12.8. The van der Waals surface area contributed by atoms with Gasteiger partial charge in [-0.3, -0.25) is 4.79 Å². The van der Waals surface area contributed by atoms with Crippen LogP contribution in [0.4, 0.5) is 0 Å². The highest BCUT2D eigenvalue weighted by atomic mass is 35.5. The molecule has 0 N–H and O–H groups in total. The molecule has 3 nitrogen and oxygen atoms in total. The van der Waals surface area contributed by atoms with E-state index in [2.05, 4.69) is 4.74 Å². The van der Waals surface area contributed by atoms with Crippen LogP contribution in [-0.4, -0.2) is 20.2 Å². The van der Waals surface area contributed by atoms with Crippen LogP contribution in [0.1, 0.15) is 17.5 Å². The predicted molar refractivity (Wildman–Crippen MR) is 63.1 cm³/mol. The third kappa shape index (κ3) is 3.14. The summed E-state index contributed by atoms with van der Waals surface area (Å²) in [5.74, 6) is 0.549. The van der Waals surface area contributed by atoms with Gasteiger partial charge in [0.1, 0.15) is 5.75 Å². The number of esters is 1. The van der Waals surface area contributed by atoms with Gasteiger partial charge in [-0.15, -0.1) is 0 Å². The van der Waals surface area contributed by atoms with Crippen molar-refractivity contribution in [3.05, 3.63) is 28.3 Å². The Morgan fingerprint density at radius 1 is 1.38 bits per heavy atom. The van der Waals surface area contributed by atoms with Gasteiger partial charge in [-0.2, -0.15) is 0 Å². The van der Waals surface area contributed by atoms with Crippen LogP contribution in [0.2, 0.25) is 5.02 Å². The van der Waals surface area contributed by atoms with Gasteiger partial charge in [0.05, 0.1) is 14.2 Å². The Kier molecular flexibility index (Phi) is 4.62. The highest BCUT2D eigenvalue weighted by molar-refractivity contribution is 6.30. The van der Waals surface area contributed by atoms with Crippen molar-refractivity contribution in [3.63, 3.8) is 0 Å². The fourth-order valence-electron chi connectivity index (χ4n) is 1.62. The lowest BCUT2D eigenvalue weighted by Crippen LogP contribution is -2.03. The van der Waals surface area contributed by atoms with E-state index in [1.807, 2.05) is 19.1 Å². The molecule has 1 aromatic rings. The summed E-state index contributed by atoms with van der Waals surface area (Å²) in [5, 5.41) is 0.651. The minimum atomic E-state index is -0.236. The molecule has 4 heteroatoms. The smallest absolute Gasteiger partial charge is 0.305 e. The first-order chi connectivity index (χ1) is 7.58. The van der Waals surface area contributed by atoms with E-state index in [-0.39, 0.29) is 5.97 Å². The number of carbonyl (C=O) groups excluding carboxylic acids is 1. The zero-order chi connectivity index (χ0) is 12.1. The number of hydrogen-bond acceptors (Lipinski definition) is 3. The molecular formula is C12H15ClO3. The van der Waals surface area contributed by atoms with E-state index in [0.29, 0.717) is 17.9 Å². The lowest BCUT2D eigenvalue weighted by atomic mass is 10.1. The molecule has 0 aromatic heterocycles. The average Bonchev–Trinajstić information content (AvgIpc) is 2.25. The van der Waals surface area contributed by atoms with Crippen LogP contribution in [0, 0.1) is 6.92 Å². The van der Waals surface area contributed by atoms with Gasteiger partial charge in [0.15, 0.2) is 0 Å². The number of aryl methyl sites for hydroxylation is 2. The van der Waals surface area contributed by atoms with Gasteiger partial charge in [0.2, 0.25) is 0 Å². The monoisotopic (exact) mass is 242 g/mol. The van der Waals surface area contributed by atoms with E-state index in [1.165, 1.54) is 7.11 Å². The number of rotatable bonds is 4. The van der Waals surface area contributed by atoms with Crippen LogP contribution >= 0.6 is 11.6 Å². The molecule has 0 aliphatic carbocycles. The van der Waals surface area contributed by atoms with Crippen molar-refractivity contribution in [1.82, 2.24) is 0 Å². The fourth-order valence-corrected chi connectivity index (χ4v) is 1.91. The number of methoxy groups -OCH3 is 2. The summed E-state index contributed by atoms with van der Waals surface area (Å²) >= 11 is 5.96. The van der Waals surface area contributed by atoms with Gasteiger partial charge in [-0.1, -0.05) is 11.6 Å². The lowest BCUT2D eigenvalue weighted by Gasteiger charge is -2.11. The van der Waals surface area contributed by atoms with Crippen LogP contribution < -0.4 is 4.74 Å². The van der Waals surface area contributed by atoms with Crippen molar-refractivity contribution in [1.29, 1.82) is 0 Å². The van der Waals surface area contributed by atoms with Gasteiger partial charge in [-0.25, -0.2) is 0 Å². The molecule has 0 bridgehead atoms. The predicted octanol–water partition coefficient (Wildman–Crippen LogP) is 2.76. The summed E-state index contributed by atoms with van der Waals surface area (Å²) in [7, 11) is 2.99. The number of benzene rings is 1. The van der Waals surface area contributed by atoms with Crippen LogP contribution in [0.3, 0.4) is 0 Å². The molecule has 1 aromatic carbocycles. The topological polar surface area (TPSA) is 35.5 Å². The fraction of sp³-hybridized carbons (Fsp3) is 0.417. The maximum Gasteiger partial charge on any atom is 0.305 e. The maximum absolute atomic E-state index is 11.1. The van der Waals surface area contributed by atoms with Crippen LogP contribution in [-0.2, 0) is 16.0 Å². The molecule has 0 unspecified atom stereocenters. The second kappa shape index (κ2) is 5.75. The van der Waals surface area contributed by atoms with E-state index in [4.69, 9.17) is 16.3 Å². The molecule has 0 heterocycles. The van der Waals surface area contributed by atoms with E-state index < -0.39 is 0 Å². The van der Waals surface area contributed by atoms with Crippen molar-refractivity contribution >= 4 is 17.6 Å². The number of hydrogen-bond donors (Lipinski definition) is 0. The van der Waals surface area contributed by atoms with Crippen LogP contribution in [0.15, 0.2) is 12.1 Å². The van der Waals surface area contributed by atoms with E-state index in [1.54, 1.807) is 7.11 Å². The second-order valence-electron chi connectivity index (χ2n) is 3.49. The molecule has 88 valence electrons. The highest BCUT2D eigenvalue weighted by Crippen LogP contribution is 2.28. The molecular weight excluding hydrogens is 228 g/mol. The van der Waals surface area contributed by atoms with Gasteiger partial charge >= 0.3 is 5.97 Å². The molecule has 0 aliphatic rings. The van der Waals surface area contributed by atoms with E-state index in [9.17, 15) is 4.79 Å². The third-order valence-corrected chi connectivity index (χ3v) is 2.56. The van der Waals surface area contributed by atoms with Crippen molar-refractivity contribution in [2.45, 2.75) is 19.8 Å². The van der Waals surface area contributed by atoms with Gasteiger partial charge < -0.3 is 9.47 Å². The summed E-state index contributed by atoms with van der Waals surface area (Å²) in [5.41, 5.74) is 1.90. The zero-order valence-corrected chi connectivity index (χ0v) is 10.4. The van der Waals surface area contributed by atoms with Crippen molar-refractivity contribution in [3.8, 4) is 5.75 Å². The SMILES string of the molecule is COC(=O)CCc1cc(Cl)cc(C)c1OC. The molecule has 0 aliphatic heterocycles. The molecule has 0 radical (unpaired) electrons. The largest absolute Gasteiger partial charge is 0.496 e. The Morgan fingerprint density at radius 3 is 2.62 bits per heavy atom. The summed E-state index contributed by atoms with van der Waals surface area (Å²) in [6.07, 6.45) is 0.893. The van der Waals surface area contributed by atoms with Gasteiger partial charge in [0, 0.05) is 11.4 Å². The minimum absolute atomic E-state index is 0.236. The maximum atomic E-state index is 11.1. The Hall–Kier alpha value is -1.22. The number of carbonyl (C=O) groups is 1. The zero-order valence-electron chi connectivity index (χ0n) is 9.67. The molecule has 16 heavy (non-hydrogen) atoms. The van der Waals surface area contributed by atoms with Crippen molar-refractivity contribution in [2.75, 3.05) is 14.2 Å². The Bertz CT molecular complexity index is 388. The van der Waals surface area contributed by atoms with Crippen molar-refractivity contribution < 1.29 is 14.3 Å². The highest BCUT2D eigenvalue weighted by Gasteiger charge is 2.10. The minimum Gasteiger partial charge on any atom is -0.496 e. The first-order valence-corrected chi connectivity index (χ1v) is 5.36. The first-order valence-electron chi connectivity index (χ1n) is 4.98. The molecule has 0 spiro atoms. The molecule has 1 rings (SSSR count). The standard InChI is InChI=1S/C12H15ClO3/c1-8-6-10(13)7-9(12(8)16-3)4-5-11(14)15-2/h6-7H,4-5H2,1-3H3. The molecule has 0 saturated heterocycles.